The number of carbonyl (C=O) groups excluding carboxylic acids is 1. The maximum Gasteiger partial charge on any atom is 0.224 e. The molecule has 4 heteroatoms. The number of rotatable bonds is 3. The number of carbonyl (C=O) groups is 1. The highest BCUT2D eigenvalue weighted by molar-refractivity contribution is 6.25. The van der Waals surface area contributed by atoms with E-state index < -0.39 is 0 Å². The summed E-state index contributed by atoms with van der Waals surface area (Å²) >= 11 is 5.55. The van der Waals surface area contributed by atoms with Gasteiger partial charge in [-0.3, -0.25) is 4.79 Å². The number of nitrogens with one attached hydrogen (secondary N) is 1. The van der Waals surface area contributed by atoms with Crippen LogP contribution in [-0.4, -0.2) is 12.5 Å². The lowest BCUT2D eigenvalue weighted by Gasteiger charge is -2.17. The summed E-state index contributed by atoms with van der Waals surface area (Å²) in [6, 6.07) is 5.76. The molecule has 0 atom stereocenters. The van der Waals surface area contributed by atoms with Gasteiger partial charge >= 0.3 is 0 Å². The largest absolute Gasteiger partial charge is 0.489 e. The van der Waals surface area contributed by atoms with Gasteiger partial charge in [0.05, 0.1) is 0 Å². The van der Waals surface area contributed by atoms with E-state index in [1.165, 1.54) is 5.54 Å². The molecule has 1 aromatic rings. The van der Waals surface area contributed by atoms with Gasteiger partial charge in [0.1, 0.15) is 12.4 Å². The minimum atomic E-state index is 0.0616. The van der Waals surface area contributed by atoms with Crippen LogP contribution in [0.5, 0.6) is 5.75 Å². The van der Waals surface area contributed by atoms with Crippen LogP contribution in [0.3, 0.4) is 0 Å². The van der Waals surface area contributed by atoms with Crippen molar-refractivity contribution in [1.29, 1.82) is 0 Å². The van der Waals surface area contributed by atoms with Gasteiger partial charge in [-0.25, -0.2) is 0 Å². The summed E-state index contributed by atoms with van der Waals surface area (Å²) in [5.41, 5.74) is 4.46. The average Bonchev–Trinajstić information content (AvgIpc) is 2.35. The maximum absolute atomic E-state index is 11.3. The van der Waals surface area contributed by atoms with Crippen LogP contribution in [0.2, 0.25) is 0 Å². The number of ether oxygens (including phenoxy) is 1. The summed E-state index contributed by atoms with van der Waals surface area (Å²) in [6.45, 7) is 2.35. The smallest absolute Gasteiger partial charge is 0.224 e. The van der Waals surface area contributed by atoms with Gasteiger partial charge in [-0.2, -0.15) is 0 Å². The highest BCUT2D eigenvalue weighted by atomic mass is 35.5. The number of benzene rings is 1. The third kappa shape index (κ3) is 3.01. The number of fused-ring (bicyclic) bond motifs is 1. The van der Waals surface area contributed by atoms with Crippen molar-refractivity contribution >= 4 is 23.2 Å². The molecule has 2 rings (SSSR count). The molecule has 1 aliphatic rings. The van der Waals surface area contributed by atoms with Crippen molar-refractivity contribution in [3.8, 4) is 5.75 Å². The zero-order valence-corrected chi connectivity index (χ0v) is 10.4. The molecule has 90 valence electrons. The molecule has 0 saturated carbocycles. The zero-order chi connectivity index (χ0) is 12.3. The number of amides is 1. The van der Waals surface area contributed by atoms with Gasteiger partial charge in [-0.1, -0.05) is 17.7 Å². The summed E-state index contributed by atoms with van der Waals surface area (Å²) < 4.78 is 5.56. The van der Waals surface area contributed by atoms with Crippen molar-refractivity contribution in [2.75, 3.05) is 11.9 Å². The van der Waals surface area contributed by atoms with Crippen molar-refractivity contribution in [1.82, 2.24) is 0 Å². The van der Waals surface area contributed by atoms with Crippen molar-refractivity contribution in [3.05, 3.63) is 34.9 Å². The summed E-state index contributed by atoms with van der Waals surface area (Å²) in [7, 11) is 0. The molecule has 0 saturated heterocycles. The van der Waals surface area contributed by atoms with Crippen LogP contribution in [0.25, 0.3) is 0 Å². The van der Waals surface area contributed by atoms with Crippen molar-refractivity contribution in [2.45, 2.75) is 19.8 Å². The highest BCUT2D eigenvalue weighted by Gasteiger charge is 2.14. The summed E-state index contributed by atoms with van der Waals surface area (Å²) in [5, 5.41) is 2.84. The lowest BCUT2D eigenvalue weighted by Crippen LogP contribution is -2.18. The van der Waals surface area contributed by atoms with Crippen LogP contribution >= 0.6 is 11.6 Å². The van der Waals surface area contributed by atoms with Crippen molar-refractivity contribution < 1.29 is 9.53 Å². The van der Waals surface area contributed by atoms with E-state index in [-0.39, 0.29) is 5.91 Å². The van der Waals surface area contributed by atoms with Gasteiger partial charge < -0.3 is 10.1 Å². The van der Waals surface area contributed by atoms with Crippen LogP contribution < -0.4 is 10.1 Å². The molecule has 17 heavy (non-hydrogen) atoms. The Kier molecular flexibility index (Phi) is 3.69. The Morgan fingerprint density at radius 3 is 3.12 bits per heavy atom. The molecular formula is C13H14ClNO2. The first-order chi connectivity index (χ1) is 8.19. The highest BCUT2D eigenvalue weighted by Crippen LogP contribution is 2.27. The number of halogens is 1. The second-order valence-corrected chi connectivity index (χ2v) is 4.33. The lowest BCUT2D eigenvalue weighted by atomic mass is 10.0. The number of hydrogen-bond donors (Lipinski definition) is 1. The van der Waals surface area contributed by atoms with Gasteiger partial charge in [0.2, 0.25) is 5.91 Å². The standard InChI is InChI=1S/C13H14ClNO2/c1-9(7-14)8-17-11-4-2-10-3-5-13(16)15-12(10)6-11/h2,4,6-7H,3,5,8H2,1H3,(H,15,16)/b9-7-. The van der Waals surface area contributed by atoms with E-state index in [0.29, 0.717) is 13.0 Å². The molecular weight excluding hydrogens is 238 g/mol. The Bertz CT molecular complexity index is 468. The van der Waals surface area contributed by atoms with Gasteiger partial charge in [0.15, 0.2) is 0 Å². The second kappa shape index (κ2) is 5.23. The minimum absolute atomic E-state index is 0.0616. The fraction of sp³-hybridized carbons (Fsp3) is 0.308. The molecule has 0 radical (unpaired) electrons. The predicted molar refractivity (Wildman–Crippen MR) is 68.5 cm³/mol. The van der Waals surface area contributed by atoms with E-state index in [9.17, 15) is 4.79 Å². The third-order valence-corrected chi connectivity index (χ3v) is 3.00. The fourth-order valence-corrected chi connectivity index (χ4v) is 1.73. The molecule has 0 fully saturated rings. The Labute approximate surface area is 105 Å². The average molecular weight is 252 g/mol. The molecule has 0 spiro atoms. The van der Waals surface area contributed by atoms with E-state index in [1.807, 2.05) is 25.1 Å². The lowest BCUT2D eigenvalue weighted by molar-refractivity contribution is -0.116. The van der Waals surface area contributed by atoms with Crippen LogP contribution in [-0.2, 0) is 11.2 Å². The number of hydrogen-bond acceptors (Lipinski definition) is 2. The van der Waals surface area contributed by atoms with E-state index in [0.717, 1.165) is 29.0 Å². The topological polar surface area (TPSA) is 38.3 Å². The first-order valence-electron chi connectivity index (χ1n) is 5.50. The van der Waals surface area contributed by atoms with E-state index in [4.69, 9.17) is 16.3 Å². The molecule has 0 bridgehead atoms. The zero-order valence-electron chi connectivity index (χ0n) is 9.63. The number of anilines is 1. The molecule has 3 nitrogen and oxygen atoms in total. The predicted octanol–water partition coefficient (Wildman–Crippen LogP) is 3.09. The van der Waals surface area contributed by atoms with Crippen LogP contribution in [0.15, 0.2) is 29.3 Å². The van der Waals surface area contributed by atoms with Gasteiger partial charge in [-0.15, -0.1) is 0 Å². The summed E-state index contributed by atoms with van der Waals surface area (Å²) in [5.74, 6) is 0.801. The fourth-order valence-electron chi connectivity index (χ4n) is 1.67. The molecule has 0 unspecified atom stereocenters. The second-order valence-electron chi connectivity index (χ2n) is 4.11. The van der Waals surface area contributed by atoms with Crippen LogP contribution in [0.1, 0.15) is 18.9 Å². The number of aryl methyl sites for hydroxylation is 1. The Morgan fingerprint density at radius 2 is 2.35 bits per heavy atom. The van der Waals surface area contributed by atoms with E-state index >= 15 is 0 Å². The van der Waals surface area contributed by atoms with E-state index in [2.05, 4.69) is 5.32 Å². The molecule has 1 aliphatic heterocycles. The SMILES string of the molecule is C/C(=C/Cl)COc1ccc2c(c1)NC(=O)CC2. The van der Waals surface area contributed by atoms with Gasteiger partial charge in [-0.05, 0) is 30.5 Å². The van der Waals surface area contributed by atoms with Crippen LogP contribution in [0.4, 0.5) is 5.69 Å². The molecule has 0 aliphatic carbocycles. The third-order valence-electron chi connectivity index (χ3n) is 2.63. The molecule has 1 N–H and O–H groups in total. The quantitative estimate of drug-likeness (QED) is 0.897. The summed E-state index contributed by atoms with van der Waals surface area (Å²) in [6.07, 6.45) is 1.35. The normalized spacial score (nSPS) is 15.2. The Balaban J connectivity index is 2.10. The summed E-state index contributed by atoms with van der Waals surface area (Å²) in [4.78, 5) is 11.3. The first-order valence-corrected chi connectivity index (χ1v) is 5.94. The van der Waals surface area contributed by atoms with E-state index in [1.54, 1.807) is 0 Å². The minimum Gasteiger partial charge on any atom is -0.489 e. The molecule has 0 aromatic heterocycles. The van der Waals surface area contributed by atoms with Crippen LogP contribution in [0, 0.1) is 0 Å². The van der Waals surface area contributed by atoms with Crippen molar-refractivity contribution in [3.63, 3.8) is 0 Å². The molecule has 1 amide bonds. The van der Waals surface area contributed by atoms with Gasteiger partial charge in [0, 0.05) is 23.7 Å². The maximum atomic E-state index is 11.3. The van der Waals surface area contributed by atoms with Crippen molar-refractivity contribution in [2.24, 2.45) is 0 Å². The first kappa shape index (κ1) is 12.0. The molecule has 1 heterocycles. The Morgan fingerprint density at radius 1 is 1.53 bits per heavy atom. The Hall–Kier alpha value is -1.48. The van der Waals surface area contributed by atoms with Gasteiger partial charge in [0.25, 0.3) is 0 Å². The molecule has 1 aromatic carbocycles. The monoisotopic (exact) mass is 251 g/mol.